The van der Waals surface area contributed by atoms with Crippen LogP contribution < -0.4 is 5.32 Å². The molecule has 1 aromatic carbocycles. The normalized spacial score (nSPS) is 20.9. The van der Waals surface area contributed by atoms with Crippen LogP contribution in [0.5, 0.6) is 0 Å². The number of aliphatic hydroxyl groups is 1. The molecule has 2 N–H and O–H groups in total. The second-order valence-corrected chi connectivity index (χ2v) is 6.41. The van der Waals surface area contributed by atoms with E-state index in [-0.39, 0.29) is 30.5 Å². The van der Waals surface area contributed by atoms with Gasteiger partial charge in [-0.3, -0.25) is 9.59 Å². The quantitative estimate of drug-likeness (QED) is 0.866. The van der Waals surface area contributed by atoms with E-state index in [1.165, 1.54) is 4.90 Å². The minimum atomic E-state index is -3.02. The summed E-state index contributed by atoms with van der Waals surface area (Å²) in [5, 5.41) is 12.9. The molecule has 2 unspecified atom stereocenters. The van der Waals surface area contributed by atoms with E-state index in [2.05, 4.69) is 5.32 Å². The van der Waals surface area contributed by atoms with Gasteiger partial charge in [-0.2, -0.15) is 0 Å². The highest BCUT2D eigenvalue weighted by Gasteiger charge is 2.32. The Bertz CT molecular complexity index is 652. The number of hydrogen-bond acceptors (Lipinski definition) is 3. The van der Waals surface area contributed by atoms with E-state index in [9.17, 15) is 27.9 Å². The monoisotopic (exact) mass is 358 g/mol. The maximum absolute atomic E-state index is 13.3. The molecule has 1 heterocycles. The minimum absolute atomic E-state index is 0.0384. The van der Waals surface area contributed by atoms with Crippen molar-refractivity contribution in [3.05, 3.63) is 35.1 Å². The first kappa shape index (κ1) is 19.2. The van der Waals surface area contributed by atoms with Gasteiger partial charge in [0.15, 0.2) is 0 Å². The topological polar surface area (TPSA) is 69.6 Å². The SMILES string of the molecule is CC(C)C(=O)NC1CCN(C(=O)c2ccc(F)c(C(F)F)c2)CC1O. The van der Waals surface area contributed by atoms with Crippen LogP contribution in [0, 0.1) is 11.7 Å². The molecular weight excluding hydrogens is 337 g/mol. The second-order valence-electron chi connectivity index (χ2n) is 6.41. The van der Waals surface area contributed by atoms with Gasteiger partial charge in [0.05, 0.1) is 17.7 Å². The number of carbonyl (C=O) groups excluding carboxylic acids is 2. The Morgan fingerprint density at radius 2 is 2.00 bits per heavy atom. The van der Waals surface area contributed by atoms with Gasteiger partial charge in [-0.1, -0.05) is 13.8 Å². The van der Waals surface area contributed by atoms with Crippen molar-refractivity contribution in [2.45, 2.75) is 38.8 Å². The van der Waals surface area contributed by atoms with E-state index in [0.29, 0.717) is 6.42 Å². The van der Waals surface area contributed by atoms with Crippen LogP contribution in [0.2, 0.25) is 0 Å². The van der Waals surface area contributed by atoms with Crippen LogP contribution >= 0.6 is 0 Å². The largest absolute Gasteiger partial charge is 0.389 e. The maximum atomic E-state index is 13.3. The molecular formula is C17H21F3N2O3. The van der Waals surface area contributed by atoms with Gasteiger partial charge in [0, 0.05) is 24.6 Å². The Morgan fingerprint density at radius 3 is 2.56 bits per heavy atom. The average Bonchev–Trinajstić information content (AvgIpc) is 2.56. The number of likely N-dealkylation sites (tertiary alicyclic amines) is 1. The van der Waals surface area contributed by atoms with E-state index < -0.39 is 35.9 Å². The number of nitrogens with one attached hydrogen (secondary N) is 1. The molecule has 2 atom stereocenters. The molecule has 1 fully saturated rings. The Kier molecular flexibility index (Phi) is 6.05. The average molecular weight is 358 g/mol. The van der Waals surface area contributed by atoms with E-state index in [1.807, 2.05) is 0 Å². The molecule has 1 aliphatic rings. The van der Waals surface area contributed by atoms with E-state index in [0.717, 1.165) is 18.2 Å². The number of hydrogen-bond donors (Lipinski definition) is 2. The molecule has 0 spiro atoms. The van der Waals surface area contributed by atoms with Crippen LogP contribution in [0.1, 0.15) is 42.6 Å². The van der Waals surface area contributed by atoms with Crippen LogP contribution in [-0.4, -0.2) is 47.1 Å². The summed E-state index contributed by atoms with van der Waals surface area (Å²) >= 11 is 0. The number of aliphatic hydroxyl groups excluding tert-OH is 1. The first-order chi connectivity index (χ1) is 11.7. The summed E-state index contributed by atoms with van der Waals surface area (Å²) in [6.07, 6.45) is -3.64. The fraction of sp³-hybridized carbons (Fsp3) is 0.529. The molecule has 0 radical (unpaired) electrons. The summed E-state index contributed by atoms with van der Waals surface area (Å²) in [7, 11) is 0. The molecule has 0 aliphatic carbocycles. The smallest absolute Gasteiger partial charge is 0.266 e. The fourth-order valence-electron chi connectivity index (χ4n) is 2.66. The zero-order valence-corrected chi connectivity index (χ0v) is 14.0. The van der Waals surface area contributed by atoms with E-state index >= 15 is 0 Å². The van der Waals surface area contributed by atoms with Gasteiger partial charge in [0.2, 0.25) is 5.91 Å². The van der Waals surface area contributed by atoms with Crippen molar-refractivity contribution in [1.82, 2.24) is 10.2 Å². The summed E-state index contributed by atoms with van der Waals surface area (Å²) in [6.45, 7) is 3.68. The third kappa shape index (κ3) is 4.50. The maximum Gasteiger partial charge on any atom is 0.266 e. The zero-order valence-electron chi connectivity index (χ0n) is 14.0. The third-order valence-corrected chi connectivity index (χ3v) is 4.20. The van der Waals surface area contributed by atoms with E-state index in [1.54, 1.807) is 13.8 Å². The van der Waals surface area contributed by atoms with Gasteiger partial charge in [0.1, 0.15) is 5.82 Å². The van der Waals surface area contributed by atoms with Crippen LogP contribution in [0.15, 0.2) is 18.2 Å². The molecule has 1 saturated heterocycles. The predicted molar refractivity (Wildman–Crippen MR) is 84.7 cm³/mol. The van der Waals surface area contributed by atoms with Crippen LogP contribution in [0.4, 0.5) is 13.2 Å². The first-order valence-electron chi connectivity index (χ1n) is 8.06. The van der Waals surface area contributed by atoms with Gasteiger partial charge in [-0.05, 0) is 24.6 Å². The third-order valence-electron chi connectivity index (χ3n) is 4.20. The molecule has 8 heteroatoms. The molecule has 2 amide bonds. The highest BCUT2D eigenvalue weighted by molar-refractivity contribution is 5.94. The lowest BCUT2D eigenvalue weighted by atomic mass is 9.99. The molecule has 1 aromatic rings. The van der Waals surface area contributed by atoms with Crippen molar-refractivity contribution in [2.75, 3.05) is 13.1 Å². The zero-order chi connectivity index (χ0) is 18.7. The highest BCUT2D eigenvalue weighted by Crippen LogP contribution is 2.24. The van der Waals surface area contributed by atoms with Crippen molar-refractivity contribution in [1.29, 1.82) is 0 Å². The van der Waals surface area contributed by atoms with Crippen LogP contribution in [-0.2, 0) is 4.79 Å². The van der Waals surface area contributed by atoms with Crippen molar-refractivity contribution >= 4 is 11.8 Å². The second kappa shape index (κ2) is 7.86. The van der Waals surface area contributed by atoms with Gasteiger partial charge >= 0.3 is 0 Å². The lowest BCUT2D eigenvalue weighted by molar-refractivity contribution is -0.126. The fourth-order valence-corrected chi connectivity index (χ4v) is 2.66. The lowest BCUT2D eigenvalue weighted by Crippen LogP contribution is -2.55. The van der Waals surface area contributed by atoms with Crippen molar-refractivity contribution in [3.8, 4) is 0 Å². The van der Waals surface area contributed by atoms with Crippen LogP contribution in [0.25, 0.3) is 0 Å². The standard InChI is InChI=1S/C17H21F3N2O3/c1-9(2)16(24)21-13-5-6-22(8-14(13)23)17(25)10-3-4-12(18)11(7-10)15(19)20/h3-4,7,9,13-15,23H,5-6,8H2,1-2H3,(H,21,24). The Hall–Kier alpha value is -2.09. The summed E-state index contributed by atoms with van der Waals surface area (Å²) < 4.78 is 38.9. The number of nitrogens with zero attached hydrogens (tertiary/aromatic N) is 1. The van der Waals surface area contributed by atoms with Gasteiger partial charge in [-0.15, -0.1) is 0 Å². The van der Waals surface area contributed by atoms with Crippen LogP contribution in [0.3, 0.4) is 0 Å². The predicted octanol–water partition coefficient (Wildman–Crippen LogP) is 2.11. The first-order valence-corrected chi connectivity index (χ1v) is 8.06. The summed E-state index contributed by atoms with van der Waals surface area (Å²) in [6, 6.07) is 2.34. The Morgan fingerprint density at radius 1 is 1.32 bits per heavy atom. The number of piperidine rings is 1. The highest BCUT2D eigenvalue weighted by atomic mass is 19.3. The number of alkyl halides is 2. The van der Waals surface area contributed by atoms with Gasteiger partial charge in [0.25, 0.3) is 12.3 Å². The number of benzene rings is 1. The van der Waals surface area contributed by atoms with Crippen molar-refractivity contribution in [2.24, 2.45) is 5.92 Å². The summed E-state index contributed by atoms with van der Waals surface area (Å²) in [4.78, 5) is 25.5. The molecule has 0 saturated carbocycles. The Labute approximate surface area is 143 Å². The molecule has 0 bridgehead atoms. The molecule has 0 aromatic heterocycles. The minimum Gasteiger partial charge on any atom is -0.389 e. The molecule has 5 nitrogen and oxygen atoms in total. The van der Waals surface area contributed by atoms with Crippen molar-refractivity contribution in [3.63, 3.8) is 0 Å². The number of carbonyl (C=O) groups is 2. The number of amides is 2. The Balaban J connectivity index is 2.05. The number of rotatable bonds is 4. The van der Waals surface area contributed by atoms with Gasteiger partial charge < -0.3 is 15.3 Å². The molecule has 25 heavy (non-hydrogen) atoms. The number of β-amino-alcohol motifs (C(OH)–C–C–N with tert-alkyl or cyclic N) is 1. The summed E-state index contributed by atoms with van der Waals surface area (Å²) in [5.74, 6) is -2.04. The molecule has 138 valence electrons. The molecule has 2 rings (SSSR count). The summed E-state index contributed by atoms with van der Waals surface area (Å²) in [5.41, 5.74) is -0.890. The number of halogens is 3. The molecule has 1 aliphatic heterocycles. The van der Waals surface area contributed by atoms with E-state index in [4.69, 9.17) is 0 Å². The van der Waals surface area contributed by atoms with Gasteiger partial charge in [-0.25, -0.2) is 13.2 Å². The lowest BCUT2D eigenvalue weighted by Gasteiger charge is -2.36. The van der Waals surface area contributed by atoms with Crippen molar-refractivity contribution < 1.29 is 27.9 Å².